The molecular formula is C14H19ClN2O. The Morgan fingerprint density at radius 3 is 2.94 bits per heavy atom. The summed E-state index contributed by atoms with van der Waals surface area (Å²) in [6, 6.07) is 7.78. The number of amides is 1. The summed E-state index contributed by atoms with van der Waals surface area (Å²) in [6.45, 7) is 2.67. The van der Waals surface area contributed by atoms with Gasteiger partial charge < -0.3 is 10.6 Å². The van der Waals surface area contributed by atoms with E-state index >= 15 is 0 Å². The highest BCUT2D eigenvalue weighted by Crippen LogP contribution is 2.35. The van der Waals surface area contributed by atoms with Gasteiger partial charge in [0.15, 0.2) is 0 Å². The van der Waals surface area contributed by atoms with E-state index in [1.165, 1.54) is 0 Å². The van der Waals surface area contributed by atoms with Crippen molar-refractivity contribution in [3.05, 3.63) is 34.9 Å². The highest BCUT2D eigenvalue weighted by atomic mass is 35.5. The Kier molecular flexibility index (Phi) is 4.25. The zero-order valence-electron chi connectivity index (χ0n) is 10.6. The molecule has 1 aliphatic rings. The lowest BCUT2D eigenvalue weighted by Crippen LogP contribution is -2.34. The number of halogens is 1. The average molecular weight is 267 g/mol. The van der Waals surface area contributed by atoms with Crippen LogP contribution in [-0.4, -0.2) is 23.4 Å². The van der Waals surface area contributed by atoms with Crippen LogP contribution < -0.4 is 5.73 Å². The number of nitrogens with two attached hydrogens (primary N) is 1. The molecule has 0 aromatic heterocycles. The third-order valence-electron chi connectivity index (χ3n) is 3.33. The summed E-state index contributed by atoms with van der Waals surface area (Å²) >= 11 is 6.22. The minimum atomic E-state index is -0.0926. The number of rotatable bonds is 3. The summed E-state index contributed by atoms with van der Waals surface area (Å²) < 4.78 is 0. The molecule has 1 fully saturated rings. The molecule has 0 saturated carbocycles. The van der Waals surface area contributed by atoms with Gasteiger partial charge in [-0.15, -0.1) is 0 Å². The quantitative estimate of drug-likeness (QED) is 0.914. The third-order valence-corrected chi connectivity index (χ3v) is 3.68. The monoisotopic (exact) mass is 266 g/mol. The second-order valence-corrected chi connectivity index (χ2v) is 5.36. The molecule has 0 bridgehead atoms. The molecule has 3 nitrogen and oxygen atoms in total. The maximum Gasteiger partial charge on any atom is 0.224 e. The Hall–Kier alpha value is -1.06. The summed E-state index contributed by atoms with van der Waals surface area (Å²) in [5, 5.41) is 0.739. The Bertz CT molecular complexity index is 434. The van der Waals surface area contributed by atoms with Crippen LogP contribution in [0.2, 0.25) is 5.02 Å². The lowest BCUT2D eigenvalue weighted by atomic mass is 10.0. The molecule has 1 amide bonds. The Morgan fingerprint density at radius 2 is 2.28 bits per heavy atom. The molecule has 1 aromatic rings. The maximum absolute atomic E-state index is 12.2. The van der Waals surface area contributed by atoms with Crippen LogP contribution in [0.3, 0.4) is 0 Å². The molecule has 1 saturated heterocycles. The summed E-state index contributed by atoms with van der Waals surface area (Å²) in [5.74, 6) is 0.132. The number of hydrogen-bond donors (Lipinski definition) is 1. The number of benzene rings is 1. The van der Waals surface area contributed by atoms with Crippen molar-refractivity contribution in [1.82, 2.24) is 4.90 Å². The van der Waals surface area contributed by atoms with Crippen molar-refractivity contribution in [1.29, 1.82) is 0 Å². The molecular weight excluding hydrogens is 248 g/mol. The first kappa shape index (κ1) is 13.4. The molecule has 2 rings (SSSR count). The smallest absolute Gasteiger partial charge is 0.224 e. The predicted molar refractivity (Wildman–Crippen MR) is 73.4 cm³/mol. The molecule has 98 valence electrons. The molecule has 2 atom stereocenters. The lowest BCUT2D eigenvalue weighted by molar-refractivity contribution is -0.132. The Morgan fingerprint density at radius 1 is 1.56 bits per heavy atom. The van der Waals surface area contributed by atoms with Gasteiger partial charge in [-0.1, -0.05) is 29.8 Å². The normalized spacial score (nSPS) is 21.1. The van der Waals surface area contributed by atoms with E-state index in [1.807, 2.05) is 36.1 Å². The van der Waals surface area contributed by atoms with Crippen molar-refractivity contribution in [2.24, 2.45) is 5.73 Å². The van der Waals surface area contributed by atoms with Gasteiger partial charge in [-0.05, 0) is 31.4 Å². The maximum atomic E-state index is 12.2. The van der Waals surface area contributed by atoms with Crippen LogP contribution in [0.15, 0.2) is 24.3 Å². The summed E-state index contributed by atoms with van der Waals surface area (Å²) in [5.41, 5.74) is 6.75. The van der Waals surface area contributed by atoms with Crippen molar-refractivity contribution in [3.8, 4) is 0 Å². The molecule has 18 heavy (non-hydrogen) atoms. The fourth-order valence-electron chi connectivity index (χ4n) is 2.53. The van der Waals surface area contributed by atoms with Gasteiger partial charge in [0.2, 0.25) is 5.91 Å². The minimum absolute atomic E-state index is 0.0926. The van der Waals surface area contributed by atoms with E-state index in [2.05, 4.69) is 0 Å². The predicted octanol–water partition coefficient (Wildman–Crippen LogP) is 2.74. The van der Waals surface area contributed by atoms with Crippen molar-refractivity contribution >= 4 is 17.5 Å². The standard InChI is InChI=1S/C14H19ClN2O/c1-10(16)9-14(18)17-8-4-7-13(17)11-5-2-3-6-12(11)15/h2-3,5-6,10,13H,4,7-9,16H2,1H3. The van der Waals surface area contributed by atoms with E-state index in [4.69, 9.17) is 17.3 Å². The van der Waals surface area contributed by atoms with Gasteiger partial charge >= 0.3 is 0 Å². The molecule has 2 unspecified atom stereocenters. The van der Waals surface area contributed by atoms with Crippen molar-refractivity contribution < 1.29 is 4.79 Å². The van der Waals surface area contributed by atoms with Gasteiger partial charge in [-0.3, -0.25) is 4.79 Å². The first-order chi connectivity index (χ1) is 8.59. The number of carbonyl (C=O) groups excluding carboxylic acids is 1. The zero-order chi connectivity index (χ0) is 13.1. The number of carbonyl (C=O) groups is 1. The van der Waals surface area contributed by atoms with Crippen LogP contribution >= 0.6 is 11.6 Å². The van der Waals surface area contributed by atoms with E-state index in [1.54, 1.807) is 0 Å². The van der Waals surface area contributed by atoms with E-state index < -0.39 is 0 Å². The van der Waals surface area contributed by atoms with Crippen LogP contribution in [0.5, 0.6) is 0 Å². The molecule has 2 N–H and O–H groups in total. The molecule has 0 aliphatic carbocycles. The van der Waals surface area contributed by atoms with Gasteiger partial charge in [-0.25, -0.2) is 0 Å². The van der Waals surface area contributed by atoms with Crippen LogP contribution in [0.25, 0.3) is 0 Å². The molecule has 1 aromatic carbocycles. The lowest BCUT2D eigenvalue weighted by Gasteiger charge is -2.26. The SMILES string of the molecule is CC(N)CC(=O)N1CCCC1c1ccccc1Cl. The van der Waals surface area contributed by atoms with Crippen LogP contribution in [-0.2, 0) is 4.79 Å². The van der Waals surface area contributed by atoms with Crippen LogP contribution in [0.4, 0.5) is 0 Å². The second-order valence-electron chi connectivity index (χ2n) is 4.95. The zero-order valence-corrected chi connectivity index (χ0v) is 11.4. The van der Waals surface area contributed by atoms with Gasteiger partial charge in [0.1, 0.15) is 0 Å². The van der Waals surface area contributed by atoms with Gasteiger partial charge in [0, 0.05) is 24.0 Å². The van der Waals surface area contributed by atoms with E-state index in [-0.39, 0.29) is 18.0 Å². The van der Waals surface area contributed by atoms with Gasteiger partial charge in [0.05, 0.1) is 6.04 Å². The highest BCUT2D eigenvalue weighted by Gasteiger charge is 2.31. The number of hydrogen-bond acceptors (Lipinski definition) is 2. The van der Waals surface area contributed by atoms with E-state index in [0.717, 1.165) is 30.0 Å². The molecule has 1 heterocycles. The molecule has 4 heteroatoms. The molecule has 0 spiro atoms. The summed E-state index contributed by atoms with van der Waals surface area (Å²) in [7, 11) is 0. The van der Waals surface area contributed by atoms with Crippen molar-refractivity contribution in [2.75, 3.05) is 6.54 Å². The topological polar surface area (TPSA) is 46.3 Å². The second kappa shape index (κ2) is 5.72. The van der Waals surface area contributed by atoms with Crippen LogP contribution in [0, 0.1) is 0 Å². The Labute approximate surface area is 113 Å². The van der Waals surface area contributed by atoms with Crippen LogP contribution in [0.1, 0.15) is 37.8 Å². The first-order valence-corrected chi connectivity index (χ1v) is 6.77. The first-order valence-electron chi connectivity index (χ1n) is 6.39. The fraction of sp³-hybridized carbons (Fsp3) is 0.500. The van der Waals surface area contributed by atoms with Crippen molar-refractivity contribution in [3.63, 3.8) is 0 Å². The average Bonchev–Trinajstić information content (AvgIpc) is 2.77. The van der Waals surface area contributed by atoms with E-state index in [0.29, 0.717) is 6.42 Å². The molecule has 0 radical (unpaired) electrons. The third kappa shape index (κ3) is 2.85. The Balaban J connectivity index is 2.18. The fourth-order valence-corrected chi connectivity index (χ4v) is 2.79. The summed E-state index contributed by atoms with van der Waals surface area (Å²) in [4.78, 5) is 14.1. The minimum Gasteiger partial charge on any atom is -0.336 e. The number of likely N-dealkylation sites (tertiary alicyclic amines) is 1. The van der Waals surface area contributed by atoms with Crippen molar-refractivity contribution in [2.45, 2.75) is 38.3 Å². The molecule has 1 aliphatic heterocycles. The van der Waals surface area contributed by atoms with Gasteiger partial charge in [-0.2, -0.15) is 0 Å². The van der Waals surface area contributed by atoms with Gasteiger partial charge in [0.25, 0.3) is 0 Å². The largest absolute Gasteiger partial charge is 0.336 e. The highest BCUT2D eigenvalue weighted by molar-refractivity contribution is 6.31. The van der Waals surface area contributed by atoms with E-state index in [9.17, 15) is 4.79 Å². The summed E-state index contributed by atoms with van der Waals surface area (Å²) in [6.07, 6.45) is 2.41. The number of nitrogens with zero attached hydrogens (tertiary/aromatic N) is 1.